The van der Waals surface area contributed by atoms with Crippen molar-refractivity contribution in [2.24, 2.45) is 5.92 Å². The molecule has 1 aliphatic heterocycles. The molecule has 1 amide bonds. The number of hydrogen-bond acceptors (Lipinski definition) is 5. The van der Waals surface area contributed by atoms with E-state index in [1.165, 1.54) is 6.07 Å². The lowest BCUT2D eigenvalue weighted by Crippen LogP contribution is -2.22. The van der Waals surface area contributed by atoms with Gasteiger partial charge in [0.05, 0.1) is 10.9 Å². The van der Waals surface area contributed by atoms with Crippen molar-refractivity contribution in [3.8, 4) is 11.3 Å². The predicted molar refractivity (Wildman–Crippen MR) is 103 cm³/mol. The van der Waals surface area contributed by atoms with Gasteiger partial charge in [-0.2, -0.15) is 0 Å². The number of carboxylic acids is 1. The zero-order chi connectivity index (χ0) is 19.5. The Morgan fingerprint density at radius 1 is 1.11 bits per heavy atom. The summed E-state index contributed by atoms with van der Waals surface area (Å²) in [5.41, 5.74) is 2.23. The fourth-order valence-electron chi connectivity index (χ4n) is 3.41. The van der Waals surface area contributed by atoms with E-state index in [4.69, 9.17) is 9.26 Å². The summed E-state index contributed by atoms with van der Waals surface area (Å²) in [4.78, 5) is 23.4. The zero-order valence-corrected chi connectivity index (χ0v) is 15.2. The summed E-state index contributed by atoms with van der Waals surface area (Å²) >= 11 is 0. The SMILES string of the molecule is O=C(CC1CCOCC1)Nc1ccc(-c2onc3ccc(C(=O)O)cc23)cc1. The van der Waals surface area contributed by atoms with Crippen LogP contribution in [0.2, 0.25) is 0 Å². The van der Waals surface area contributed by atoms with Gasteiger partial charge in [0.25, 0.3) is 0 Å². The Labute approximate surface area is 161 Å². The topological polar surface area (TPSA) is 102 Å². The van der Waals surface area contributed by atoms with Crippen molar-refractivity contribution in [2.45, 2.75) is 19.3 Å². The van der Waals surface area contributed by atoms with E-state index >= 15 is 0 Å². The van der Waals surface area contributed by atoms with Gasteiger partial charge in [0.1, 0.15) is 5.52 Å². The molecule has 0 aliphatic carbocycles. The van der Waals surface area contributed by atoms with E-state index in [1.807, 2.05) is 12.1 Å². The number of nitrogens with one attached hydrogen (secondary N) is 1. The van der Waals surface area contributed by atoms with E-state index in [9.17, 15) is 14.7 Å². The third-order valence-corrected chi connectivity index (χ3v) is 4.97. The molecule has 0 saturated carbocycles. The average Bonchev–Trinajstić information content (AvgIpc) is 3.12. The largest absolute Gasteiger partial charge is 0.478 e. The molecule has 28 heavy (non-hydrogen) atoms. The van der Waals surface area contributed by atoms with Crippen LogP contribution in [0.5, 0.6) is 0 Å². The number of anilines is 1. The van der Waals surface area contributed by atoms with Gasteiger partial charge >= 0.3 is 5.97 Å². The number of carbonyl (C=O) groups is 2. The number of fused-ring (bicyclic) bond motifs is 1. The fourth-order valence-corrected chi connectivity index (χ4v) is 3.41. The molecule has 1 fully saturated rings. The molecule has 2 heterocycles. The van der Waals surface area contributed by atoms with E-state index < -0.39 is 5.97 Å². The molecule has 144 valence electrons. The van der Waals surface area contributed by atoms with Gasteiger partial charge < -0.3 is 19.7 Å². The molecule has 7 nitrogen and oxygen atoms in total. The lowest BCUT2D eigenvalue weighted by atomic mass is 9.96. The monoisotopic (exact) mass is 380 g/mol. The Morgan fingerprint density at radius 3 is 2.57 bits per heavy atom. The molecule has 0 atom stereocenters. The third-order valence-electron chi connectivity index (χ3n) is 4.97. The van der Waals surface area contributed by atoms with Crippen molar-refractivity contribution in [3.63, 3.8) is 0 Å². The van der Waals surface area contributed by atoms with Crippen molar-refractivity contribution in [1.29, 1.82) is 0 Å². The summed E-state index contributed by atoms with van der Waals surface area (Å²) in [6.07, 6.45) is 2.34. The molecule has 7 heteroatoms. The quantitative estimate of drug-likeness (QED) is 0.695. The highest BCUT2D eigenvalue weighted by Gasteiger charge is 2.18. The standard InChI is InChI=1S/C21H20N2O5/c24-19(11-13-7-9-27-10-8-13)22-16-4-1-14(2-5-16)20-17-12-15(21(25)26)3-6-18(17)23-28-20/h1-6,12-13H,7-11H2,(H,22,24)(H,25,26). The highest BCUT2D eigenvalue weighted by Crippen LogP contribution is 2.30. The normalized spacial score (nSPS) is 14.9. The maximum Gasteiger partial charge on any atom is 0.335 e. The van der Waals surface area contributed by atoms with Crippen LogP contribution in [0.4, 0.5) is 5.69 Å². The molecule has 0 unspecified atom stereocenters. The average molecular weight is 380 g/mol. The minimum atomic E-state index is -1.00. The molecular weight excluding hydrogens is 360 g/mol. The summed E-state index contributed by atoms with van der Waals surface area (Å²) in [6.45, 7) is 1.45. The number of benzene rings is 2. The van der Waals surface area contributed by atoms with Gasteiger partial charge in [-0.15, -0.1) is 0 Å². The van der Waals surface area contributed by atoms with Crippen LogP contribution in [0.15, 0.2) is 47.0 Å². The highest BCUT2D eigenvalue weighted by atomic mass is 16.5. The number of hydrogen-bond donors (Lipinski definition) is 2. The second-order valence-corrected chi connectivity index (χ2v) is 6.93. The van der Waals surface area contributed by atoms with Crippen molar-refractivity contribution in [3.05, 3.63) is 48.0 Å². The first-order valence-electron chi connectivity index (χ1n) is 9.21. The minimum absolute atomic E-state index is 0.00383. The van der Waals surface area contributed by atoms with Crippen LogP contribution >= 0.6 is 0 Å². The van der Waals surface area contributed by atoms with E-state index in [0.717, 1.165) is 31.6 Å². The summed E-state index contributed by atoms with van der Waals surface area (Å²) in [7, 11) is 0. The highest BCUT2D eigenvalue weighted by molar-refractivity contribution is 5.98. The van der Waals surface area contributed by atoms with Gasteiger partial charge in [-0.05, 0) is 61.2 Å². The molecule has 1 aromatic heterocycles. The molecule has 3 aromatic rings. The van der Waals surface area contributed by atoms with Crippen LogP contribution < -0.4 is 5.32 Å². The second kappa shape index (κ2) is 7.82. The Kier molecular flexibility index (Phi) is 5.08. The van der Waals surface area contributed by atoms with Crippen LogP contribution in [0.1, 0.15) is 29.6 Å². The van der Waals surface area contributed by atoms with Gasteiger partial charge in [0.15, 0.2) is 5.76 Å². The number of aromatic carboxylic acids is 1. The molecule has 1 aliphatic rings. The van der Waals surface area contributed by atoms with Crippen LogP contribution in [0, 0.1) is 5.92 Å². The van der Waals surface area contributed by atoms with Gasteiger partial charge in [-0.1, -0.05) is 5.16 Å². The Bertz CT molecular complexity index is 1000. The summed E-state index contributed by atoms with van der Waals surface area (Å²) in [5, 5.41) is 16.7. The van der Waals surface area contributed by atoms with Gasteiger partial charge in [-0.3, -0.25) is 4.79 Å². The zero-order valence-electron chi connectivity index (χ0n) is 15.2. The van der Waals surface area contributed by atoms with Gasteiger partial charge in [0, 0.05) is 30.9 Å². The van der Waals surface area contributed by atoms with E-state index in [-0.39, 0.29) is 11.5 Å². The van der Waals surface area contributed by atoms with E-state index in [1.54, 1.807) is 24.3 Å². The molecule has 0 radical (unpaired) electrons. The first kappa shape index (κ1) is 18.2. The van der Waals surface area contributed by atoms with Gasteiger partial charge in [-0.25, -0.2) is 4.79 Å². The number of carbonyl (C=O) groups excluding carboxylic acids is 1. The first-order valence-corrected chi connectivity index (χ1v) is 9.21. The lowest BCUT2D eigenvalue weighted by Gasteiger charge is -2.21. The van der Waals surface area contributed by atoms with E-state index in [2.05, 4.69) is 10.5 Å². The summed E-state index contributed by atoms with van der Waals surface area (Å²) in [5.74, 6) is -0.136. The summed E-state index contributed by atoms with van der Waals surface area (Å²) in [6, 6.07) is 11.9. The molecule has 0 bridgehead atoms. The molecule has 0 spiro atoms. The molecule has 2 aromatic carbocycles. The number of carboxylic acid groups (broad SMARTS) is 1. The first-order chi connectivity index (χ1) is 13.6. The molecular formula is C21H20N2O5. The lowest BCUT2D eigenvalue weighted by molar-refractivity contribution is -0.117. The molecule has 1 saturated heterocycles. The second-order valence-electron chi connectivity index (χ2n) is 6.93. The van der Waals surface area contributed by atoms with Crippen LogP contribution in [0.25, 0.3) is 22.2 Å². The molecule has 4 rings (SSSR count). The van der Waals surface area contributed by atoms with Crippen molar-refractivity contribution >= 4 is 28.5 Å². The van der Waals surface area contributed by atoms with Crippen LogP contribution in [-0.2, 0) is 9.53 Å². The Hall–Kier alpha value is -3.19. The smallest absolute Gasteiger partial charge is 0.335 e. The number of aromatic nitrogens is 1. The van der Waals surface area contributed by atoms with Crippen molar-refractivity contribution in [2.75, 3.05) is 18.5 Å². The number of amides is 1. The van der Waals surface area contributed by atoms with Crippen molar-refractivity contribution in [1.82, 2.24) is 5.16 Å². The fraction of sp³-hybridized carbons (Fsp3) is 0.286. The number of nitrogens with zero attached hydrogens (tertiary/aromatic N) is 1. The number of ether oxygens (including phenoxy) is 1. The third kappa shape index (κ3) is 3.89. The predicted octanol–water partition coefficient (Wildman–Crippen LogP) is 3.95. The number of rotatable bonds is 5. The van der Waals surface area contributed by atoms with Crippen molar-refractivity contribution < 1.29 is 24.0 Å². The van der Waals surface area contributed by atoms with Crippen LogP contribution in [-0.4, -0.2) is 35.4 Å². The van der Waals surface area contributed by atoms with Gasteiger partial charge in [0.2, 0.25) is 5.91 Å². The maximum atomic E-state index is 12.2. The minimum Gasteiger partial charge on any atom is -0.478 e. The molecule has 2 N–H and O–H groups in total. The summed E-state index contributed by atoms with van der Waals surface area (Å²) < 4.78 is 10.7. The Morgan fingerprint density at radius 2 is 1.86 bits per heavy atom. The van der Waals surface area contributed by atoms with Crippen LogP contribution in [0.3, 0.4) is 0 Å². The Balaban J connectivity index is 1.48. The maximum absolute atomic E-state index is 12.2. The van der Waals surface area contributed by atoms with E-state index in [0.29, 0.717) is 34.7 Å².